The number of pyridine rings is 1. The van der Waals surface area contributed by atoms with Crippen molar-refractivity contribution in [1.29, 1.82) is 0 Å². The van der Waals surface area contributed by atoms with Crippen LogP contribution in [0.1, 0.15) is 21.7 Å². The molecule has 3 rings (SSSR count). The van der Waals surface area contributed by atoms with E-state index in [9.17, 15) is 4.79 Å². The number of aromatic nitrogens is 2. The number of carbonyl (C=O) groups is 1. The molecule has 3 aromatic rings. The summed E-state index contributed by atoms with van der Waals surface area (Å²) in [6.07, 6.45) is 1.74. The Hall–Kier alpha value is -3.02. The molecule has 0 bridgehead atoms. The molecule has 1 N–H and O–H groups in total. The van der Waals surface area contributed by atoms with Gasteiger partial charge in [-0.05, 0) is 36.8 Å². The average molecular weight is 325 g/mol. The zero-order valence-electron chi connectivity index (χ0n) is 13.9. The van der Waals surface area contributed by atoms with Crippen LogP contribution in [0, 0.1) is 6.92 Å². The Labute approximate surface area is 140 Å². The summed E-state index contributed by atoms with van der Waals surface area (Å²) < 4.78 is 12.4. The maximum absolute atomic E-state index is 12.3. The molecule has 1 amide bonds. The van der Waals surface area contributed by atoms with E-state index in [0.29, 0.717) is 23.7 Å². The lowest BCUT2D eigenvalue weighted by Crippen LogP contribution is -2.23. The molecule has 0 saturated heterocycles. The molecular formula is C18H19N3O3. The number of ether oxygens (including phenoxy) is 2. The summed E-state index contributed by atoms with van der Waals surface area (Å²) in [6.45, 7) is 2.35. The van der Waals surface area contributed by atoms with Gasteiger partial charge in [-0.15, -0.1) is 0 Å². The van der Waals surface area contributed by atoms with Crippen LogP contribution in [-0.2, 0) is 6.54 Å². The van der Waals surface area contributed by atoms with Gasteiger partial charge in [0, 0.05) is 18.4 Å². The Morgan fingerprint density at radius 3 is 2.67 bits per heavy atom. The standard InChI is InChI=1S/C18H19N3O3/c1-12-5-4-6-17-20-14(11-21(12)17)18(22)19-10-13-7-8-15(23-2)16(9-13)24-3/h4-9,11H,10H2,1-3H3,(H,19,22). The lowest BCUT2D eigenvalue weighted by atomic mass is 10.2. The second kappa shape index (κ2) is 6.62. The van der Waals surface area contributed by atoms with Gasteiger partial charge in [-0.25, -0.2) is 4.98 Å². The van der Waals surface area contributed by atoms with E-state index in [-0.39, 0.29) is 5.91 Å². The molecule has 0 aliphatic carbocycles. The fourth-order valence-corrected chi connectivity index (χ4v) is 2.52. The minimum absolute atomic E-state index is 0.215. The maximum atomic E-state index is 12.3. The van der Waals surface area contributed by atoms with E-state index < -0.39 is 0 Å². The predicted molar refractivity (Wildman–Crippen MR) is 90.6 cm³/mol. The maximum Gasteiger partial charge on any atom is 0.271 e. The van der Waals surface area contributed by atoms with Crippen molar-refractivity contribution in [3.05, 3.63) is 59.5 Å². The molecule has 0 saturated carbocycles. The first-order valence-corrected chi connectivity index (χ1v) is 7.56. The molecule has 24 heavy (non-hydrogen) atoms. The molecule has 0 spiro atoms. The van der Waals surface area contributed by atoms with Gasteiger partial charge in [0.2, 0.25) is 0 Å². The van der Waals surface area contributed by atoms with Gasteiger partial charge in [0.25, 0.3) is 5.91 Å². The minimum atomic E-state index is -0.215. The van der Waals surface area contributed by atoms with Crippen LogP contribution in [0.5, 0.6) is 11.5 Å². The van der Waals surface area contributed by atoms with Crippen LogP contribution in [-0.4, -0.2) is 29.5 Å². The number of hydrogen-bond donors (Lipinski definition) is 1. The molecule has 6 heteroatoms. The van der Waals surface area contributed by atoms with Gasteiger partial charge >= 0.3 is 0 Å². The Morgan fingerprint density at radius 2 is 1.96 bits per heavy atom. The number of fused-ring (bicyclic) bond motifs is 1. The summed E-state index contributed by atoms with van der Waals surface area (Å²) >= 11 is 0. The van der Waals surface area contributed by atoms with Crippen LogP contribution in [0.25, 0.3) is 5.65 Å². The molecule has 2 aromatic heterocycles. The summed E-state index contributed by atoms with van der Waals surface area (Å²) in [4.78, 5) is 16.7. The van der Waals surface area contributed by atoms with E-state index >= 15 is 0 Å². The number of carbonyl (C=O) groups excluding carboxylic acids is 1. The fraction of sp³-hybridized carbons (Fsp3) is 0.222. The van der Waals surface area contributed by atoms with E-state index in [1.165, 1.54) is 0 Å². The number of methoxy groups -OCH3 is 2. The zero-order valence-corrected chi connectivity index (χ0v) is 13.9. The van der Waals surface area contributed by atoms with Crippen molar-refractivity contribution in [2.24, 2.45) is 0 Å². The number of imidazole rings is 1. The first-order chi connectivity index (χ1) is 11.6. The number of nitrogens with zero attached hydrogens (tertiary/aromatic N) is 2. The normalized spacial score (nSPS) is 10.6. The average Bonchev–Trinajstić information content (AvgIpc) is 3.05. The smallest absolute Gasteiger partial charge is 0.271 e. The highest BCUT2D eigenvalue weighted by molar-refractivity contribution is 5.92. The second-order valence-corrected chi connectivity index (χ2v) is 5.39. The summed E-state index contributed by atoms with van der Waals surface area (Å²) in [6, 6.07) is 11.3. The minimum Gasteiger partial charge on any atom is -0.493 e. The van der Waals surface area contributed by atoms with Crippen molar-refractivity contribution in [1.82, 2.24) is 14.7 Å². The van der Waals surface area contributed by atoms with Crippen molar-refractivity contribution in [3.63, 3.8) is 0 Å². The Kier molecular flexibility index (Phi) is 4.37. The number of benzene rings is 1. The molecule has 0 fully saturated rings. The van der Waals surface area contributed by atoms with E-state index in [4.69, 9.17) is 9.47 Å². The summed E-state index contributed by atoms with van der Waals surface area (Å²) in [5, 5.41) is 2.87. The Morgan fingerprint density at radius 1 is 1.17 bits per heavy atom. The van der Waals surface area contributed by atoms with Gasteiger partial charge < -0.3 is 19.2 Å². The summed E-state index contributed by atoms with van der Waals surface area (Å²) in [5.41, 5.74) is 3.09. The lowest BCUT2D eigenvalue weighted by molar-refractivity contribution is 0.0946. The van der Waals surface area contributed by atoms with Gasteiger partial charge in [-0.2, -0.15) is 0 Å². The monoisotopic (exact) mass is 325 g/mol. The van der Waals surface area contributed by atoms with E-state index in [0.717, 1.165) is 16.9 Å². The fourth-order valence-electron chi connectivity index (χ4n) is 2.52. The Bertz CT molecular complexity index is 886. The van der Waals surface area contributed by atoms with Gasteiger partial charge in [0.05, 0.1) is 14.2 Å². The van der Waals surface area contributed by atoms with Crippen molar-refractivity contribution >= 4 is 11.6 Å². The molecule has 0 aliphatic heterocycles. The highest BCUT2D eigenvalue weighted by Crippen LogP contribution is 2.27. The van der Waals surface area contributed by atoms with Crippen molar-refractivity contribution in [2.45, 2.75) is 13.5 Å². The van der Waals surface area contributed by atoms with Crippen molar-refractivity contribution in [3.8, 4) is 11.5 Å². The molecule has 1 aromatic carbocycles. The molecule has 6 nitrogen and oxygen atoms in total. The number of nitrogens with one attached hydrogen (secondary N) is 1. The third-order valence-corrected chi connectivity index (χ3v) is 3.83. The quantitative estimate of drug-likeness (QED) is 0.783. The molecule has 0 aliphatic rings. The molecule has 2 heterocycles. The molecule has 0 unspecified atom stereocenters. The third kappa shape index (κ3) is 3.03. The zero-order chi connectivity index (χ0) is 17.1. The third-order valence-electron chi connectivity index (χ3n) is 3.83. The largest absolute Gasteiger partial charge is 0.493 e. The van der Waals surface area contributed by atoms with Gasteiger partial charge in [-0.1, -0.05) is 12.1 Å². The first-order valence-electron chi connectivity index (χ1n) is 7.56. The van der Waals surface area contributed by atoms with Gasteiger partial charge in [0.1, 0.15) is 11.3 Å². The SMILES string of the molecule is COc1ccc(CNC(=O)c2cn3c(C)cccc3n2)cc1OC. The Balaban J connectivity index is 1.74. The van der Waals surface area contributed by atoms with Crippen LogP contribution in [0.15, 0.2) is 42.6 Å². The lowest BCUT2D eigenvalue weighted by Gasteiger charge is -2.10. The van der Waals surface area contributed by atoms with E-state index in [1.807, 2.05) is 47.7 Å². The number of hydrogen-bond acceptors (Lipinski definition) is 4. The van der Waals surface area contributed by atoms with Crippen LogP contribution >= 0.6 is 0 Å². The topological polar surface area (TPSA) is 64.9 Å². The molecule has 124 valence electrons. The van der Waals surface area contributed by atoms with Crippen LogP contribution in [0.2, 0.25) is 0 Å². The van der Waals surface area contributed by atoms with Crippen molar-refractivity contribution in [2.75, 3.05) is 14.2 Å². The molecule has 0 radical (unpaired) electrons. The highest BCUT2D eigenvalue weighted by atomic mass is 16.5. The highest BCUT2D eigenvalue weighted by Gasteiger charge is 2.12. The second-order valence-electron chi connectivity index (χ2n) is 5.39. The van der Waals surface area contributed by atoms with Crippen molar-refractivity contribution < 1.29 is 14.3 Å². The predicted octanol–water partition coefficient (Wildman–Crippen LogP) is 2.59. The van der Waals surface area contributed by atoms with Crippen LogP contribution in [0.4, 0.5) is 0 Å². The van der Waals surface area contributed by atoms with Crippen LogP contribution in [0.3, 0.4) is 0 Å². The summed E-state index contributed by atoms with van der Waals surface area (Å²) in [5.74, 6) is 1.07. The van der Waals surface area contributed by atoms with E-state index in [2.05, 4.69) is 10.3 Å². The molecule has 0 atom stereocenters. The molecular weight excluding hydrogens is 306 g/mol. The number of rotatable bonds is 5. The van der Waals surface area contributed by atoms with E-state index in [1.54, 1.807) is 20.4 Å². The van der Waals surface area contributed by atoms with Crippen LogP contribution < -0.4 is 14.8 Å². The summed E-state index contributed by atoms with van der Waals surface area (Å²) in [7, 11) is 3.17. The first kappa shape index (κ1) is 15.9. The number of aryl methyl sites for hydroxylation is 1. The van der Waals surface area contributed by atoms with Gasteiger partial charge in [0.15, 0.2) is 11.5 Å². The number of amides is 1. The van der Waals surface area contributed by atoms with Gasteiger partial charge in [-0.3, -0.25) is 4.79 Å².